The number of para-hydroxylation sites is 1. The molecule has 1 atom stereocenters. The first kappa shape index (κ1) is 19.5. The van der Waals surface area contributed by atoms with Crippen molar-refractivity contribution < 1.29 is 14.3 Å². The molecule has 0 bridgehead atoms. The van der Waals surface area contributed by atoms with Crippen LogP contribution in [0, 0.1) is 6.92 Å². The predicted octanol–water partition coefficient (Wildman–Crippen LogP) is 4.17. The maximum absolute atomic E-state index is 12.7. The number of aryl methyl sites for hydroxylation is 1. The Kier molecular flexibility index (Phi) is 5.60. The highest BCUT2D eigenvalue weighted by Gasteiger charge is 2.30. The van der Waals surface area contributed by atoms with Crippen molar-refractivity contribution in [2.75, 3.05) is 25.5 Å². The van der Waals surface area contributed by atoms with Gasteiger partial charge in [-0.05, 0) is 56.1 Å². The quantitative estimate of drug-likeness (QED) is 0.641. The third-order valence-corrected chi connectivity index (χ3v) is 6.38. The third-order valence-electron chi connectivity index (χ3n) is 5.24. The first-order valence-electron chi connectivity index (χ1n) is 9.63. The van der Waals surface area contributed by atoms with Crippen molar-refractivity contribution in [3.05, 3.63) is 58.6 Å². The lowest BCUT2D eigenvalue weighted by atomic mass is 10.1. The predicted molar refractivity (Wildman–Crippen MR) is 114 cm³/mol. The van der Waals surface area contributed by atoms with Crippen molar-refractivity contribution in [1.29, 1.82) is 0 Å². The normalized spacial score (nSPS) is 16.8. The van der Waals surface area contributed by atoms with Crippen LogP contribution in [0.4, 0.5) is 5.69 Å². The molecule has 0 aliphatic carbocycles. The van der Waals surface area contributed by atoms with E-state index >= 15 is 0 Å². The number of aromatic nitrogens is 1. The number of nitrogens with one attached hydrogen (secondary N) is 1. The average molecular weight is 410 g/mol. The summed E-state index contributed by atoms with van der Waals surface area (Å²) in [4.78, 5) is 31.5. The van der Waals surface area contributed by atoms with Crippen molar-refractivity contribution >= 4 is 39.1 Å². The van der Waals surface area contributed by atoms with Crippen LogP contribution in [0.2, 0.25) is 0 Å². The Hall–Kier alpha value is -2.77. The molecule has 1 aliphatic heterocycles. The van der Waals surface area contributed by atoms with E-state index < -0.39 is 5.97 Å². The number of amides is 1. The standard InChI is InChI=1S/C22H23N3O3S/c1-14-9-10-15(22(27)28-2)12-17(14)23-20(26)13-25-11-5-7-18(25)21-24-16-6-3-4-8-19(16)29-21/h3-4,6,8-10,12,18H,5,7,11,13H2,1-2H3,(H,23,26). The summed E-state index contributed by atoms with van der Waals surface area (Å²) in [6.45, 7) is 3.06. The molecule has 2 heterocycles. The average Bonchev–Trinajstić information content (AvgIpc) is 3.35. The zero-order chi connectivity index (χ0) is 20.4. The maximum atomic E-state index is 12.7. The lowest BCUT2D eigenvalue weighted by molar-refractivity contribution is -0.117. The van der Waals surface area contributed by atoms with Crippen LogP contribution in [0.25, 0.3) is 10.2 Å². The Bertz CT molecular complexity index is 1030. The summed E-state index contributed by atoms with van der Waals surface area (Å²) in [5, 5.41) is 4.02. The molecule has 0 radical (unpaired) electrons. The maximum Gasteiger partial charge on any atom is 0.337 e. The molecule has 4 rings (SSSR count). The van der Waals surface area contributed by atoms with E-state index in [1.54, 1.807) is 23.5 Å². The molecule has 3 aromatic rings. The van der Waals surface area contributed by atoms with Gasteiger partial charge in [0.1, 0.15) is 5.01 Å². The van der Waals surface area contributed by atoms with Crippen LogP contribution in [-0.2, 0) is 9.53 Å². The third kappa shape index (κ3) is 4.16. The van der Waals surface area contributed by atoms with Crippen LogP contribution in [0.5, 0.6) is 0 Å². The summed E-state index contributed by atoms with van der Waals surface area (Å²) >= 11 is 1.70. The van der Waals surface area contributed by atoms with Crippen LogP contribution in [0.1, 0.15) is 39.8 Å². The van der Waals surface area contributed by atoms with Gasteiger partial charge in [-0.25, -0.2) is 9.78 Å². The van der Waals surface area contributed by atoms with E-state index in [0.717, 1.165) is 35.5 Å². The van der Waals surface area contributed by atoms with Gasteiger partial charge in [-0.1, -0.05) is 18.2 Å². The fraction of sp³-hybridized carbons (Fsp3) is 0.318. The number of rotatable bonds is 5. The summed E-state index contributed by atoms with van der Waals surface area (Å²) in [5.74, 6) is -0.515. The molecule has 1 N–H and O–H groups in total. The van der Waals surface area contributed by atoms with Crippen LogP contribution >= 0.6 is 11.3 Å². The minimum atomic E-state index is -0.420. The molecule has 1 aromatic heterocycles. The second kappa shape index (κ2) is 8.31. The Morgan fingerprint density at radius 1 is 1.28 bits per heavy atom. The number of hydrogen-bond donors (Lipinski definition) is 1. The van der Waals surface area contributed by atoms with Crippen molar-refractivity contribution in [2.24, 2.45) is 0 Å². The molecule has 1 fully saturated rings. The topological polar surface area (TPSA) is 71.5 Å². The first-order chi connectivity index (χ1) is 14.0. The largest absolute Gasteiger partial charge is 0.465 e. The number of carbonyl (C=O) groups excluding carboxylic acids is 2. The smallest absolute Gasteiger partial charge is 0.337 e. The van der Waals surface area contributed by atoms with Gasteiger partial charge in [0.25, 0.3) is 0 Å². The number of esters is 1. The van der Waals surface area contributed by atoms with Gasteiger partial charge < -0.3 is 10.1 Å². The van der Waals surface area contributed by atoms with Crippen LogP contribution in [0.3, 0.4) is 0 Å². The number of hydrogen-bond acceptors (Lipinski definition) is 6. The molecule has 1 amide bonds. The molecule has 1 unspecified atom stereocenters. The minimum absolute atomic E-state index is 0.0943. The van der Waals surface area contributed by atoms with Gasteiger partial charge in [0, 0.05) is 5.69 Å². The SMILES string of the molecule is COC(=O)c1ccc(C)c(NC(=O)CN2CCCC2c2nc3ccccc3s2)c1. The van der Waals surface area contributed by atoms with Crippen LogP contribution < -0.4 is 5.32 Å². The summed E-state index contributed by atoms with van der Waals surface area (Å²) in [6.07, 6.45) is 2.05. The first-order valence-corrected chi connectivity index (χ1v) is 10.4. The van der Waals surface area contributed by atoms with Crippen molar-refractivity contribution in [3.8, 4) is 0 Å². The molecule has 1 saturated heterocycles. The molecule has 0 spiro atoms. The van der Waals surface area contributed by atoms with Crippen LogP contribution in [-0.4, -0.2) is 42.0 Å². The van der Waals surface area contributed by atoms with Gasteiger partial charge in [-0.3, -0.25) is 9.69 Å². The number of ether oxygens (including phenoxy) is 1. The van der Waals surface area contributed by atoms with Crippen molar-refractivity contribution in [3.63, 3.8) is 0 Å². The van der Waals surface area contributed by atoms with Gasteiger partial charge in [-0.2, -0.15) is 0 Å². The van der Waals surface area contributed by atoms with E-state index in [9.17, 15) is 9.59 Å². The Labute approximate surface area is 173 Å². The van der Waals surface area contributed by atoms with Crippen molar-refractivity contribution in [2.45, 2.75) is 25.8 Å². The van der Waals surface area contributed by atoms with E-state index in [1.165, 1.54) is 11.8 Å². The number of benzene rings is 2. The number of nitrogens with zero attached hydrogens (tertiary/aromatic N) is 2. The lowest BCUT2D eigenvalue weighted by Crippen LogP contribution is -2.33. The van der Waals surface area contributed by atoms with Gasteiger partial charge in [-0.15, -0.1) is 11.3 Å². The number of methoxy groups -OCH3 is 1. The Balaban J connectivity index is 1.47. The van der Waals surface area contributed by atoms with Gasteiger partial charge in [0.2, 0.25) is 5.91 Å². The minimum Gasteiger partial charge on any atom is -0.465 e. The summed E-state index contributed by atoms with van der Waals surface area (Å²) in [5.41, 5.74) is 2.96. The zero-order valence-corrected chi connectivity index (χ0v) is 17.3. The molecule has 6 nitrogen and oxygen atoms in total. The monoisotopic (exact) mass is 409 g/mol. The summed E-state index contributed by atoms with van der Waals surface area (Å²) in [6, 6.07) is 13.5. The molecule has 0 saturated carbocycles. The van der Waals surface area contributed by atoms with Gasteiger partial charge >= 0.3 is 5.97 Å². The number of likely N-dealkylation sites (tertiary alicyclic amines) is 1. The highest BCUT2D eigenvalue weighted by molar-refractivity contribution is 7.18. The Morgan fingerprint density at radius 2 is 2.10 bits per heavy atom. The number of anilines is 1. The molecular weight excluding hydrogens is 386 g/mol. The van der Waals surface area contributed by atoms with Gasteiger partial charge in [0.05, 0.1) is 35.5 Å². The molecular formula is C22H23N3O3S. The van der Waals surface area contributed by atoms with E-state index in [2.05, 4.69) is 16.3 Å². The molecule has 150 valence electrons. The van der Waals surface area contributed by atoms with Crippen molar-refractivity contribution in [1.82, 2.24) is 9.88 Å². The summed E-state index contributed by atoms with van der Waals surface area (Å²) in [7, 11) is 1.34. The van der Waals surface area contributed by atoms with E-state index in [1.807, 2.05) is 31.2 Å². The fourth-order valence-corrected chi connectivity index (χ4v) is 4.84. The molecule has 2 aromatic carbocycles. The van der Waals surface area contributed by atoms with E-state index in [-0.39, 0.29) is 11.9 Å². The Morgan fingerprint density at radius 3 is 2.90 bits per heavy atom. The number of carbonyl (C=O) groups is 2. The fourth-order valence-electron chi connectivity index (χ4n) is 3.70. The second-order valence-corrected chi connectivity index (χ2v) is 8.28. The zero-order valence-electron chi connectivity index (χ0n) is 16.5. The summed E-state index contributed by atoms with van der Waals surface area (Å²) < 4.78 is 5.94. The van der Waals surface area contributed by atoms with Gasteiger partial charge in [0.15, 0.2) is 0 Å². The highest BCUT2D eigenvalue weighted by Crippen LogP contribution is 2.36. The van der Waals surface area contributed by atoms with E-state index in [4.69, 9.17) is 9.72 Å². The number of fused-ring (bicyclic) bond motifs is 1. The molecule has 29 heavy (non-hydrogen) atoms. The lowest BCUT2D eigenvalue weighted by Gasteiger charge is -2.22. The second-order valence-electron chi connectivity index (χ2n) is 7.22. The number of thiazole rings is 1. The molecule has 7 heteroatoms. The highest BCUT2D eigenvalue weighted by atomic mass is 32.1. The van der Waals surface area contributed by atoms with Crippen LogP contribution in [0.15, 0.2) is 42.5 Å². The molecule has 1 aliphatic rings. The van der Waals surface area contributed by atoms with E-state index in [0.29, 0.717) is 17.8 Å².